The predicted octanol–water partition coefficient (Wildman–Crippen LogP) is 9.04. The van der Waals surface area contributed by atoms with E-state index in [0.717, 1.165) is 73.6 Å². The average Bonchev–Trinajstić information content (AvgIpc) is 3.99. The Morgan fingerprint density at radius 3 is 2.49 bits per heavy atom. The summed E-state index contributed by atoms with van der Waals surface area (Å²) in [6, 6.07) is 29.8. The van der Waals surface area contributed by atoms with Crippen LogP contribution in [-0.4, -0.2) is 80.6 Å². The van der Waals surface area contributed by atoms with Crippen LogP contribution in [0.3, 0.4) is 0 Å². The predicted molar refractivity (Wildman–Crippen MR) is 243 cm³/mol. The third kappa shape index (κ3) is 9.26. The van der Waals surface area contributed by atoms with Crippen LogP contribution in [0.1, 0.15) is 72.0 Å². The van der Waals surface area contributed by atoms with E-state index in [-0.39, 0.29) is 29.0 Å². The molecular weight excluding hydrogens is 819 g/mol. The van der Waals surface area contributed by atoms with Crippen molar-refractivity contribution in [2.75, 3.05) is 56.7 Å². The van der Waals surface area contributed by atoms with Gasteiger partial charge < -0.3 is 29.6 Å². The number of likely N-dealkylation sites (N-methyl/N-ethyl adjacent to an activating group) is 1. The van der Waals surface area contributed by atoms with Crippen molar-refractivity contribution in [1.29, 1.82) is 0 Å². The number of sulfonamides is 1. The number of nitrogens with one attached hydrogen (secondary N) is 3. The molecule has 6 aromatic rings. The van der Waals surface area contributed by atoms with Crippen molar-refractivity contribution in [2.45, 2.75) is 55.4 Å². The molecule has 63 heavy (non-hydrogen) atoms. The number of hydrogen-bond donors (Lipinski definition) is 3. The molecule has 3 aliphatic rings. The zero-order valence-electron chi connectivity index (χ0n) is 35.2. The van der Waals surface area contributed by atoms with E-state index in [1.54, 1.807) is 24.4 Å². The molecule has 4 aromatic carbocycles. The summed E-state index contributed by atoms with van der Waals surface area (Å²) in [5.41, 5.74) is 6.00. The van der Waals surface area contributed by atoms with Crippen molar-refractivity contribution in [3.05, 3.63) is 136 Å². The summed E-state index contributed by atoms with van der Waals surface area (Å²) in [6.07, 6.45) is 9.52. The van der Waals surface area contributed by atoms with Crippen molar-refractivity contribution < 1.29 is 27.6 Å². The Hall–Kier alpha value is -6.29. The number of fused-ring (bicyclic) bond motifs is 1. The van der Waals surface area contributed by atoms with Gasteiger partial charge >= 0.3 is 0 Å². The van der Waals surface area contributed by atoms with Crippen LogP contribution < -0.4 is 19.7 Å². The molecule has 3 saturated heterocycles. The second-order valence-electron chi connectivity index (χ2n) is 16.8. The largest absolute Gasteiger partial charge is 0.455 e. The zero-order chi connectivity index (χ0) is 43.5. The van der Waals surface area contributed by atoms with Crippen molar-refractivity contribution >= 4 is 44.0 Å². The van der Waals surface area contributed by atoms with Crippen molar-refractivity contribution in [1.82, 2.24) is 19.6 Å². The smallest absolute Gasteiger partial charge is 0.293 e. The van der Waals surface area contributed by atoms with Gasteiger partial charge in [0.25, 0.3) is 21.6 Å². The molecule has 2 aromatic heterocycles. The summed E-state index contributed by atoms with van der Waals surface area (Å²) in [6.45, 7) is 4.91. The minimum atomic E-state index is -4.57. The fourth-order valence-electron chi connectivity index (χ4n) is 9.35. The van der Waals surface area contributed by atoms with Gasteiger partial charge in [-0.05, 0) is 135 Å². The summed E-state index contributed by atoms with van der Waals surface area (Å²) in [4.78, 5) is 37.4. The van der Waals surface area contributed by atoms with Gasteiger partial charge in [-0.2, -0.15) is 0 Å². The number of nitrogens with zero attached hydrogens (tertiary/aromatic N) is 4. The van der Waals surface area contributed by atoms with Crippen molar-refractivity contribution in [3.8, 4) is 22.6 Å². The molecule has 3 aliphatic heterocycles. The van der Waals surface area contributed by atoms with E-state index >= 15 is 0 Å². The first-order valence-electron chi connectivity index (χ1n) is 21.7. The lowest BCUT2D eigenvalue weighted by Crippen LogP contribution is -2.32. The maximum absolute atomic E-state index is 14.0. The van der Waals surface area contributed by atoms with Crippen LogP contribution in [0.25, 0.3) is 22.2 Å². The lowest BCUT2D eigenvalue weighted by Gasteiger charge is -2.34. The van der Waals surface area contributed by atoms with E-state index < -0.39 is 31.4 Å². The van der Waals surface area contributed by atoms with Gasteiger partial charge in [0.05, 0.1) is 27.6 Å². The number of ether oxygens (including phenoxy) is 2. The summed E-state index contributed by atoms with van der Waals surface area (Å²) in [7, 11) is -2.35. The van der Waals surface area contributed by atoms with E-state index in [4.69, 9.17) is 9.47 Å². The minimum Gasteiger partial charge on any atom is -0.455 e. The van der Waals surface area contributed by atoms with Crippen LogP contribution in [0.2, 0.25) is 0 Å². The van der Waals surface area contributed by atoms with Crippen molar-refractivity contribution in [3.63, 3.8) is 0 Å². The molecule has 0 saturated carbocycles. The highest BCUT2D eigenvalue weighted by Gasteiger charge is 2.31. The first kappa shape index (κ1) is 42.0. The molecule has 5 heterocycles. The number of nitro benzene ring substituents is 1. The molecule has 326 valence electrons. The normalized spacial score (nSPS) is 18.7. The van der Waals surface area contributed by atoms with E-state index in [1.807, 2.05) is 6.07 Å². The molecule has 0 aliphatic carbocycles. The van der Waals surface area contributed by atoms with Gasteiger partial charge in [0, 0.05) is 56.2 Å². The highest BCUT2D eigenvalue weighted by Crippen LogP contribution is 2.42. The molecule has 1 unspecified atom stereocenters. The monoisotopic (exact) mass is 869 g/mol. The zero-order valence-corrected chi connectivity index (χ0v) is 36.0. The van der Waals surface area contributed by atoms with Crippen LogP contribution in [0.5, 0.6) is 11.5 Å². The Kier molecular flexibility index (Phi) is 12.1. The second kappa shape index (κ2) is 18.2. The van der Waals surface area contributed by atoms with Crippen LogP contribution in [0.4, 0.5) is 17.1 Å². The molecular formula is C48H51N7O7S. The van der Waals surface area contributed by atoms with Gasteiger partial charge in [0.1, 0.15) is 22.8 Å². The fraction of sp³-hybridized carbons (Fsp3) is 0.333. The molecule has 3 N–H and O–H groups in total. The van der Waals surface area contributed by atoms with Gasteiger partial charge in [-0.3, -0.25) is 14.9 Å². The maximum Gasteiger partial charge on any atom is 0.293 e. The molecule has 2 atom stereocenters. The number of carbonyl (C=O) groups is 1. The summed E-state index contributed by atoms with van der Waals surface area (Å²) < 4.78 is 41.2. The molecule has 14 nitrogen and oxygen atoms in total. The number of aromatic amines is 1. The SMILES string of the molecule is CN1CCC[C@@H](c2ccccc2C2CCCN2c2ccc(-c3ccc(C(=O)NS(=O)(=O)c4ccc(NCC5CCOCC5)c([N+](=O)[O-])c4)c(Oc4cnc5[nH]ccc5c4)c3)cc2)C1. The van der Waals surface area contributed by atoms with Crippen LogP contribution in [0.15, 0.2) is 114 Å². The van der Waals surface area contributed by atoms with Crippen LogP contribution in [0, 0.1) is 16.0 Å². The van der Waals surface area contributed by atoms with Crippen LogP contribution >= 0.6 is 0 Å². The third-order valence-electron chi connectivity index (χ3n) is 12.7. The van der Waals surface area contributed by atoms with Gasteiger partial charge in [-0.1, -0.05) is 42.5 Å². The maximum atomic E-state index is 14.0. The molecule has 0 spiro atoms. The summed E-state index contributed by atoms with van der Waals surface area (Å²) in [5.74, 6) is 0.270. The number of likely N-dealkylation sites (tertiary alicyclic amines) is 1. The Morgan fingerprint density at radius 1 is 0.921 bits per heavy atom. The fourth-order valence-corrected chi connectivity index (χ4v) is 10.3. The van der Waals surface area contributed by atoms with E-state index in [1.165, 1.54) is 48.4 Å². The highest BCUT2D eigenvalue weighted by atomic mass is 32.2. The standard InChI is InChI=1S/C48H51N7O7S/c1-53-22-4-6-36(31-53)40-7-2-3-8-41(40)44-9-5-23-54(44)37-13-10-33(11-14-37)34-12-16-42(46(27-34)62-38-26-35-18-21-49-47(35)51-30-38)48(56)52-63(59,60)39-15-17-43(45(28-39)55(57)58)50-29-32-19-24-61-25-20-32/h2-3,7-8,10-18,21,26-28,30,32,36,44,50H,4-6,9,19-20,22-25,29,31H2,1H3,(H,49,51)(H,52,56)/t36-,44?/m1/s1. The Bertz CT molecular complexity index is 2740. The molecule has 9 rings (SSSR count). The quantitative estimate of drug-likeness (QED) is 0.0747. The van der Waals surface area contributed by atoms with Crippen molar-refractivity contribution in [2.24, 2.45) is 5.92 Å². The Balaban J connectivity index is 0.974. The number of benzene rings is 4. The van der Waals surface area contributed by atoms with E-state index in [9.17, 15) is 23.3 Å². The van der Waals surface area contributed by atoms with Gasteiger partial charge in [0.15, 0.2) is 0 Å². The van der Waals surface area contributed by atoms with Crippen LogP contribution in [-0.2, 0) is 14.8 Å². The number of rotatable bonds is 13. The highest BCUT2D eigenvalue weighted by molar-refractivity contribution is 7.90. The lowest BCUT2D eigenvalue weighted by molar-refractivity contribution is -0.384. The molecule has 3 fully saturated rings. The number of pyridine rings is 1. The third-order valence-corrected chi connectivity index (χ3v) is 14.0. The number of aromatic nitrogens is 2. The van der Waals surface area contributed by atoms with Gasteiger partial charge in [-0.15, -0.1) is 0 Å². The first-order chi connectivity index (χ1) is 30.6. The van der Waals surface area contributed by atoms with E-state index in [2.05, 4.69) is 85.4 Å². The minimum absolute atomic E-state index is 0.0555. The Labute approximate surface area is 366 Å². The van der Waals surface area contributed by atoms with Gasteiger partial charge in [0.2, 0.25) is 0 Å². The number of hydrogen-bond acceptors (Lipinski definition) is 11. The molecule has 15 heteroatoms. The Morgan fingerprint density at radius 2 is 1.70 bits per heavy atom. The summed E-state index contributed by atoms with van der Waals surface area (Å²) >= 11 is 0. The topological polar surface area (TPSA) is 172 Å². The van der Waals surface area contributed by atoms with Gasteiger partial charge in [-0.25, -0.2) is 18.1 Å². The molecule has 0 bridgehead atoms. The number of nitro groups is 1. The number of amides is 1. The number of H-pyrrole nitrogens is 1. The summed E-state index contributed by atoms with van der Waals surface area (Å²) in [5, 5.41) is 16.0. The average molecular weight is 870 g/mol. The molecule has 1 amide bonds. The molecule has 0 radical (unpaired) electrons. The number of carbonyl (C=O) groups excluding carboxylic acids is 1. The first-order valence-corrected chi connectivity index (χ1v) is 23.1. The number of piperidine rings is 1. The number of anilines is 2. The van der Waals surface area contributed by atoms with E-state index in [0.29, 0.717) is 37.1 Å². The second-order valence-corrected chi connectivity index (χ2v) is 18.5. The lowest BCUT2D eigenvalue weighted by atomic mass is 9.85.